The minimum atomic E-state index is -0.820. The quantitative estimate of drug-likeness (QED) is 0.918. The van der Waals surface area contributed by atoms with Crippen molar-refractivity contribution in [2.45, 2.75) is 32.0 Å². The van der Waals surface area contributed by atoms with Crippen LogP contribution in [0.3, 0.4) is 0 Å². The van der Waals surface area contributed by atoms with E-state index in [1.54, 1.807) is 6.07 Å². The molecule has 2 nitrogen and oxygen atoms in total. The summed E-state index contributed by atoms with van der Waals surface area (Å²) in [7, 11) is 0. The summed E-state index contributed by atoms with van der Waals surface area (Å²) in [5.74, 6) is 0.492. The van der Waals surface area contributed by atoms with Crippen molar-refractivity contribution in [1.29, 1.82) is 0 Å². The highest BCUT2D eigenvalue weighted by molar-refractivity contribution is 5.35. The standard InChI is InChI=1S/C17H17FO2/c1-11-8-13(10-14(18)9-11)17(19)12-2-4-15(5-3-12)20-16-6-7-16/h2-5,8-10,16-17,19H,6-7H2,1H3. The molecule has 0 spiro atoms. The fraction of sp³-hybridized carbons (Fsp3) is 0.294. The SMILES string of the molecule is Cc1cc(F)cc(C(O)c2ccc(OC3CC3)cc2)c1. The van der Waals surface area contributed by atoms with E-state index in [0.717, 1.165) is 29.7 Å². The van der Waals surface area contributed by atoms with Gasteiger partial charge in [0.1, 0.15) is 17.7 Å². The Morgan fingerprint density at radius 2 is 1.80 bits per heavy atom. The molecule has 0 heterocycles. The van der Waals surface area contributed by atoms with Crippen molar-refractivity contribution in [3.8, 4) is 5.75 Å². The molecular weight excluding hydrogens is 255 g/mol. The van der Waals surface area contributed by atoms with Gasteiger partial charge in [-0.2, -0.15) is 0 Å². The molecule has 1 atom stereocenters. The molecule has 1 saturated carbocycles. The molecule has 2 aromatic rings. The van der Waals surface area contributed by atoms with Gasteiger partial charge in [0.2, 0.25) is 0 Å². The lowest BCUT2D eigenvalue weighted by Gasteiger charge is -2.13. The predicted molar refractivity (Wildman–Crippen MR) is 75.3 cm³/mol. The lowest BCUT2D eigenvalue weighted by atomic mass is 10.00. The van der Waals surface area contributed by atoms with E-state index < -0.39 is 6.10 Å². The van der Waals surface area contributed by atoms with Crippen molar-refractivity contribution in [3.05, 3.63) is 65.0 Å². The predicted octanol–water partition coefficient (Wildman–Crippen LogP) is 3.76. The molecule has 3 heteroatoms. The van der Waals surface area contributed by atoms with Gasteiger partial charge in [-0.05, 0) is 60.7 Å². The molecule has 104 valence electrons. The number of halogens is 1. The Balaban J connectivity index is 1.79. The van der Waals surface area contributed by atoms with E-state index in [2.05, 4.69) is 0 Å². The van der Waals surface area contributed by atoms with E-state index in [0.29, 0.717) is 11.7 Å². The number of aliphatic hydroxyl groups excluding tert-OH is 1. The van der Waals surface area contributed by atoms with Crippen molar-refractivity contribution in [2.24, 2.45) is 0 Å². The number of benzene rings is 2. The molecule has 0 radical (unpaired) electrons. The van der Waals surface area contributed by atoms with Gasteiger partial charge in [-0.15, -0.1) is 0 Å². The zero-order valence-electron chi connectivity index (χ0n) is 11.3. The number of ether oxygens (including phenoxy) is 1. The van der Waals surface area contributed by atoms with E-state index in [9.17, 15) is 9.50 Å². The van der Waals surface area contributed by atoms with Gasteiger partial charge >= 0.3 is 0 Å². The Morgan fingerprint density at radius 3 is 2.40 bits per heavy atom. The van der Waals surface area contributed by atoms with Crippen LogP contribution in [0.25, 0.3) is 0 Å². The average Bonchev–Trinajstić information content (AvgIpc) is 3.22. The summed E-state index contributed by atoms with van der Waals surface area (Å²) in [6.07, 6.45) is 1.77. The highest BCUT2D eigenvalue weighted by Gasteiger charge is 2.23. The second kappa shape index (κ2) is 5.25. The summed E-state index contributed by atoms with van der Waals surface area (Å²) < 4.78 is 19.0. The van der Waals surface area contributed by atoms with Gasteiger partial charge in [0.25, 0.3) is 0 Å². The van der Waals surface area contributed by atoms with Crippen LogP contribution in [0.4, 0.5) is 4.39 Å². The van der Waals surface area contributed by atoms with Crippen LogP contribution in [0.2, 0.25) is 0 Å². The fourth-order valence-electron chi connectivity index (χ4n) is 2.22. The molecule has 1 fully saturated rings. The second-order valence-corrected chi connectivity index (χ2v) is 5.35. The van der Waals surface area contributed by atoms with E-state index in [1.165, 1.54) is 12.1 Å². The molecule has 0 aromatic heterocycles. The van der Waals surface area contributed by atoms with Crippen molar-refractivity contribution in [3.63, 3.8) is 0 Å². The van der Waals surface area contributed by atoms with Crippen LogP contribution in [0.1, 0.15) is 35.6 Å². The fourth-order valence-corrected chi connectivity index (χ4v) is 2.22. The van der Waals surface area contributed by atoms with E-state index in [-0.39, 0.29) is 5.82 Å². The Labute approximate surface area is 117 Å². The monoisotopic (exact) mass is 272 g/mol. The minimum absolute atomic E-state index is 0.326. The van der Waals surface area contributed by atoms with Gasteiger partial charge in [0.15, 0.2) is 0 Å². The smallest absolute Gasteiger partial charge is 0.123 e. The van der Waals surface area contributed by atoms with Gasteiger partial charge < -0.3 is 9.84 Å². The van der Waals surface area contributed by atoms with Crippen LogP contribution >= 0.6 is 0 Å². The summed E-state index contributed by atoms with van der Waals surface area (Å²) in [5, 5.41) is 10.3. The van der Waals surface area contributed by atoms with Crippen molar-refractivity contribution < 1.29 is 14.2 Å². The van der Waals surface area contributed by atoms with Crippen LogP contribution in [-0.2, 0) is 0 Å². The van der Waals surface area contributed by atoms with Crippen LogP contribution < -0.4 is 4.74 Å². The number of hydrogen-bond donors (Lipinski definition) is 1. The van der Waals surface area contributed by atoms with Crippen LogP contribution in [0, 0.1) is 12.7 Å². The molecule has 0 amide bonds. The molecule has 0 saturated heterocycles. The van der Waals surface area contributed by atoms with Crippen molar-refractivity contribution in [2.75, 3.05) is 0 Å². The number of aryl methyl sites for hydroxylation is 1. The van der Waals surface area contributed by atoms with Crippen molar-refractivity contribution in [1.82, 2.24) is 0 Å². The third-order valence-electron chi connectivity index (χ3n) is 3.40. The third kappa shape index (κ3) is 2.99. The lowest BCUT2D eigenvalue weighted by molar-refractivity contribution is 0.219. The van der Waals surface area contributed by atoms with Gasteiger partial charge in [-0.25, -0.2) is 4.39 Å². The van der Waals surface area contributed by atoms with Gasteiger partial charge in [0.05, 0.1) is 6.10 Å². The normalized spacial score (nSPS) is 15.9. The maximum absolute atomic E-state index is 13.4. The summed E-state index contributed by atoms with van der Waals surface area (Å²) >= 11 is 0. The lowest BCUT2D eigenvalue weighted by Crippen LogP contribution is -2.01. The zero-order valence-corrected chi connectivity index (χ0v) is 11.3. The maximum Gasteiger partial charge on any atom is 0.123 e. The van der Waals surface area contributed by atoms with E-state index in [1.807, 2.05) is 31.2 Å². The molecule has 1 aliphatic carbocycles. The van der Waals surface area contributed by atoms with E-state index >= 15 is 0 Å². The van der Waals surface area contributed by atoms with Crippen LogP contribution in [0.15, 0.2) is 42.5 Å². The summed E-state index contributed by atoms with van der Waals surface area (Å²) in [6.45, 7) is 1.81. The number of aliphatic hydroxyl groups is 1. The molecule has 1 N–H and O–H groups in total. The largest absolute Gasteiger partial charge is 0.490 e. The molecular formula is C17H17FO2. The Kier molecular flexibility index (Phi) is 3.45. The zero-order chi connectivity index (χ0) is 14.1. The molecule has 3 rings (SSSR count). The molecule has 2 aromatic carbocycles. The molecule has 1 unspecified atom stereocenters. The first-order valence-corrected chi connectivity index (χ1v) is 6.83. The molecule has 1 aliphatic rings. The third-order valence-corrected chi connectivity index (χ3v) is 3.40. The first kappa shape index (κ1) is 13.1. The van der Waals surface area contributed by atoms with Crippen LogP contribution in [0.5, 0.6) is 5.75 Å². The first-order valence-electron chi connectivity index (χ1n) is 6.83. The van der Waals surface area contributed by atoms with Crippen molar-refractivity contribution >= 4 is 0 Å². The summed E-state index contributed by atoms with van der Waals surface area (Å²) in [5.41, 5.74) is 2.10. The number of rotatable bonds is 4. The Hall–Kier alpha value is -1.87. The molecule has 0 aliphatic heterocycles. The number of hydrogen-bond acceptors (Lipinski definition) is 2. The second-order valence-electron chi connectivity index (χ2n) is 5.35. The molecule has 0 bridgehead atoms. The Bertz CT molecular complexity index is 583. The molecule has 20 heavy (non-hydrogen) atoms. The van der Waals surface area contributed by atoms with Gasteiger partial charge in [-0.3, -0.25) is 0 Å². The van der Waals surface area contributed by atoms with E-state index in [4.69, 9.17) is 4.74 Å². The summed E-state index contributed by atoms with van der Waals surface area (Å²) in [4.78, 5) is 0. The first-order chi connectivity index (χ1) is 9.61. The average molecular weight is 272 g/mol. The highest BCUT2D eigenvalue weighted by atomic mass is 19.1. The minimum Gasteiger partial charge on any atom is -0.490 e. The summed E-state index contributed by atoms with van der Waals surface area (Å²) in [6, 6.07) is 12.0. The topological polar surface area (TPSA) is 29.5 Å². The van der Waals surface area contributed by atoms with Crippen LogP contribution in [-0.4, -0.2) is 11.2 Å². The van der Waals surface area contributed by atoms with Gasteiger partial charge in [0, 0.05) is 0 Å². The highest BCUT2D eigenvalue weighted by Crippen LogP contribution is 2.29. The Morgan fingerprint density at radius 1 is 1.10 bits per heavy atom. The van der Waals surface area contributed by atoms with Gasteiger partial charge in [-0.1, -0.05) is 18.2 Å². The maximum atomic E-state index is 13.4.